The van der Waals surface area contributed by atoms with Gasteiger partial charge in [0.05, 0.1) is 6.10 Å². The van der Waals surface area contributed by atoms with Gasteiger partial charge >= 0.3 is 0 Å². The summed E-state index contributed by atoms with van der Waals surface area (Å²) in [6.07, 6.45) is 4.41. The maximum Gasteiger partial charge on any atom is 0.201 e. The molecule has 114 valence electrons. The van der Waals surface area contributed by atoms with E-state index in [1.807, 2.05) is 6.92 Å². The summed E-state index contributed by atoms with van der Waals surface area (Å²) in [6, 6.07) is 0. The summed E-state index contributed by atoms with van der Waals surface area (Å²) in [5, 5.41) is 0. The highest BCUT2D eigenvalue weighted by Crippen LogP contribution is 2.60. The molecule has 1 saturated carbocycles. The zero-order chi connectivity index (χ0) is 14.1. The SMILES string of the molecule is CC1O[C@@H]2O[C@@]3(C)CC[C@H]4[C@H](C)CCC([C@H]1C)C24OO3. The van der Waals surface area contributed by atoms with Crippen LogP contribution >= 0.6 is 0 Å². The monoisotopic (exact) mass is 282 g/mol. The molecule has 1 spiro atoms. The van der Waals surface area contributed by atoms with Crippen molar-refractivity contribution in [3.8, 4) is 0 Å². The van der Waals surface area contributed by atoms with Crippen molar-refractivity contribution in [2.45, 2.75) is 77.2 Å². The van der Waals surface area contributed by atoms with E-state index in [0.29, 0.717) is 23.7 Å². The largest absolute Gasteiger partial charge is 0.346 e. The summed E-state index contributed by atoms with van der Waals surface area (Å²) in [7, 11) is 0. The minimum absolute atomic E-state index is 0.219. The van der Waals surface area contributed by atoms with Gasteiger partial charge in [0.25, 0.3) is 0 Å². The number of rotatable bonds is 0. The van der Waals surface area contributed by atoms with E-state index in [1.165, 1.54) is 12.8 Å². The van der Waals surface area contributed by atoms with Gasteiger partial charge in [-0.15, -0.1) is 0 Å². The van der Waals surface area contributed by atoms with Crippen molar-refractivity contribution in [1.82, 2.24) is 0 Å². The van der Waals surface area contributed by atoms with Crippen LogP contribution in [0, 0.1) is 23.7 Å². The first-order valence-electron chi connectivity index (χ1n) is 8.16. The molecule has 2 bridgehead atoms. The molecule has 5 fully saturated rings. The third kappa shape index (κ3) is 1.57. The molecular weight excluding hydrogens is 256 g/mol. The summed E-state index contributed by atoms with van der Waals surface area (Å²) in [4.78, 5) is 11.8. The third-order valence-electron chi connectivity index (χ3n) is 6.49. The molecular formula is C16H26O4. The molecule has 4 heterocycles. The summed E-state index contributed by atoms with van der Waals surface area (Å²) >= 11 is 0. The van der Waals surface area contributed by atoms with E-state index in [0.717, 1.165) is 12.8 Å². The normalized spacial score (nSPS) is 61.8. The smallest absolute Gasteiger partial charge is 0.201 e. The lowest BCUT2D eigenvalue weighted by molar-refractivity contribution is -0.570. The predicted octanol–water partition coefficient (Wildman–Crippen LogP) is 3.26. The van der Waals surface area contributed by atoms with Crippen molar-refractivity contribution in [3.63, 3.8) is 0 Å². The average Bonchev–Trinajstić information content (AvgIpc) is 2.63. The molecule has 4 saturated heterocycles. The lowest BCUT2D eigenvalue weighted by atomic mass is 9.57. The first-order valence-corrected chi connectivity index (χ1v) is 8.16. The van der Waals surface area contributed by atoms with Gasteiger partial charge in [0.15, 0.2) is 11.9 Å². The second-order valence-corrected chi connectivity index (χ2v) is 7.61. The van der Waals surface area contributed by atoms with Gasteiger partial charge in [-0.2, -0.15) is 0 Å². The molecule has 4 heteroatoms. The maximum atomic E-state index is 6.23. The van der Waals surface area contributed by atoms with Gasteiger partial charge in [-0.25, -0.2) is 9.78 Å². The second kappa shape index (κ2) is 4.19. The molecule has 0 radical (unpaired) electrons. The molecule has 4 nitrogen and oxygen atoms in total. The Kier molecular flexibility index (Phi) is 2.83. The molecule has 4 aliphatic heterocycles. The Bertz CT molecular complexity index is 409. The Morgan fingerprint density at radius 3 is 2.55 bits per heavy atom. The van der Waals surface area contributed by atoms with Crippen LogP contribution in [-0.2, 0) is 19.2 Å². The first-order chi connectivity index (χ1) is 9.46. The zero-order valence-electron chi connectivity index (χ0n) is 12.9. The van der Waals surface area contributed by atoms with E-state index in [-0.39, 0.29) is 18.0 Å². The van der Waals surface area contributed by atoms with Gasteiger partial charge < -0.3 is 9.47 Å². The van der Waals surface area contributed by atoms with Crippen molar-refractivity contribution >= 4 is 0 Å². The lowest BCUT2D eigenvalue weighted by Gasteiger charge is -2.60. The van der Waals surface area contributed by atoms with Crippen molar-refractivity contribution in [1.29, 1.82) is 0 Å². The standard InChI is InChI=1S/C16H26O4/c1-9-5-6-13-10(2)11(3)17-14-16(13)12(9)7-8-15(4,18-14)19-20-16/h9-14H,5-8H2,1-4H3/t9-,10+,11?,12+,13?,14-,15-,16?/m1/s1. The fourth-order valence-electron chi connectivity index (χ4n) is 5.08. The van der Waals surface area contributed by atoms with E-state index in [1.54, 1.807) is 0 Å². The highest BCUT2D eigenvalue weighted by atomic mass is 17.3. The Labute approximate surface area is 121 Å². The molecule has 5 aliphatic rings. The molecule has 20 heavy (non-hydrogen) atoms. The molecule has 3 unspecified atom stereocenters. The molecule has 0 amide bonds. The average molecular weight is 282 g/mol. The van der Waals surface area contributed by atoms with Gasteiger partial charge in [0, 0.05) is 12.3 Å². The van der Waals surface area contributed by atoms with Crippen LogP contribution < -0.4 is 0 Å². The van der Waals surface area contributed by atoms with Gasteiger partial charge in [-0.3, -0.25) is 0 Å². The third-order valence-corrected chi connectivity index (χ3v) is 6.49. The second-order valence-electron chi connectivity index (χ2n) is 7.61. The van der Waals surface area contributed by atoms with Crippen LogP contribution in [0.1, 0.15) is 53.4 Å². The molecule has 8 atom stereocenters. The van der Waals surface area contributed by atoms with Gasteiger partial charge in [0.1, 0.15) is 0 Å². The van der Waals surface area contributed by atoms with E-state index in [4.69, 9.17) is 19.2 Å². The Morgan fingerprint density at radius 2 is 1.75 bits per heavy atom. The Morgan fingerprint density at radius 1 is 0.950 bits per heavy atom. The summed E-state index contributed by atoms with van der Waals surface area (Å²) in [6.45, 7) is 8.77. The lowest BCUT2D eigenvalue weighted by Crippen LogP contribution is -2.70. The molecule has 0 N–H and O–H groups in total. The maximum absolute atomic E-state index is 6.23. The number of ether oxygens (including phenoxy) is 2. The van der Waals surface area contributed by atoms with Gasteiger partial charge in [0.2, 0.25) is 5.79 Å². The quantitative estimate of drug-likeness (QED) is 0.639. The number of hydrogen-bond acceptors (Lipinski definition) is 4. The Hall–Kier alpha value is -0.160. The van der Waals surface area contributed by atoms with Crippen LogP contribution in [0.25, 0.3) is 0 Å². The van der Waals surface area contributed by atoms with E-state index in [2.05, 4.69) is 20.8 Å². The fraction of sp³-hybridized carbons (Fsp3) is 1.00. The summed E-state index contributed by atoms with van der Waals surface area (Å²) in [5.41, 5.74) is -0.389. The van der Waals surface area contributed by atoms with Crippen LogP contribution in [0.3, 0.4) is 0 Å². The molecule has 0 aromatic carbocycles. The van der Waals surface area contributed by atoms with E-state index >= 15 is 0 Å². The molecule has 0 aromatic rings. The van der Waals surface area contributed by atoms with Gasteiger partial charge in [-0.1, -0.05) is 13.8 Å². The first kappa shape index (κ1) is 13.5. The predicted molar refractivity (Wildman–Crippen MR) is 72.5 cm³/mol. The van der Waals surface area contributed by atoms with Gasteiger partial charge in [-0.05, 0) is 50.9 Å². The van der Waals surface area contributed by atoms with Crippen LogP contribution in [0.15, 0.2) is 0 Å². The summed E-state index contributed by atoms with van der Waals surface area (Å²) in [5.74, 6) is 1.44. The molecule has 0 aromatic heterocycles. The van der Waals surface area contributed by atoms with Crippen molar-refractivity contribution < 1.29 is 19.2 Å². The van der Waals surface area contributed by atoms with Crippen LogP contribution in [0.2, 0.25) is 0 Å². The van der Waals surface area contributed by atoms with Crippen LogP contribution in [-0.4, -0.2) is 23.8 Å². The molecule has 5 rings (SSSR count). The molecule has 1 aliphatic carbocycles. The van der Waals surface area contributed by atoms with Crippen LogP contribution in [0.4, 0.5) is 0 Å². The van der Waals surface area contributed by atoms with E-state index in [9.17, 15) is 0 Å². The minimum Gasteiger partial charge on any atom is -0.346 e. The van der Waals surface area contributed by atoms with Crippen molar-refractivity contribution in [2.24, 2.45) is 23.7 Å². The number of fused-ring (bicyclic) bond motifs is 2. The topological polar surface area (TPSA) is 36.9 Å². The van der Waals surface area contributed by atoms with Crippen molar-refractivity contribution in [3.05, 3.63) is 0 Å². The highest BCUT2D eigenvalue weighted by molar-refractivity contribution is 5.09. The summed E-state index contributed by atoms with van der Waals surface area (Å²) < 4.78 is 12.5. The Balaban J connectivity index is 1.82. The van der Waals surface area contributed by atoms with E-state index < -0.39 is 5.79 Å². The van der Waals surface area contributed by atoms with Crippen molar-refractivity contribution in [2.75, 3.05) is 0 Å². The number of hydrogen-bond donors (Lipinski definition) is 0. The fourth-order valence-corrected chi connectivity index (χ4v) is 5.08. The van der Waals surface area contributed by atoms with Crippen LogP contribution in [0.5, 0.6) is 0 Å². The minimum atomic E-state index is -0.641. The highest BCUT2D eigenvalue weighted by Gasteiger charge is 2.68. The zero-order valence-corrected chi connectivity index (χ0v) is 12.9.